The maximum absolute atomic E-state index is 12.2. The molecule has 0 saturated carbocycles. The van der Waals surface area contributed by atoms with Crippen LogP contribution in [0.2, 0.25) is 0 Å². The number of hydrogen-bond acceptors (Lipinski definition) is 4. The van der Waals surface area contributed by atoms with Crippen molar-refractivity contribution in [2.75, 3.05) is 6.61 Å². The molecule has 1 aromatic rings. The molecule has 2 heterocycles. The van der Waals surface area contributed by atoms with Crippen LogP contribution in [0.4, 0.5) is 0 Å². The van der Waals surface area contributed by atoms with Crippen molar-refractivity contribution in [3.05, 3.63) is 11.9 Å². The van der Waals surface area contributed by atoms with Gasteiger partial charge in [0.2, 0.25) is 5.91 Å². The van der Waals surface area contributed by atoms with Crippen LogP contribution >= 0.6 is 0 Å². The SMILES string of the molecule is CC(C)[C@@H]1COCc2cn(nn2)CCC[C@H](C)C(=O)N1. The number of fused-ring (bicyclic) bond motifs is 2. The van der Waals surface area contributed by atoms with Gasteiger partial charge in [-0.3, -0.25) is 9.48 Å². The summed E-state index contributed by atoms with van der Waals surface area (Å²) in [6.07, 6.45) is 3.69. The largest absolute Gasteiger partial charge is 0.373 e. The molecule has 0 aliphatic carbocycles. The van der Waals surface area contributed by atoms with Crippen LogP contribution < -0.4 is 5.32 Å². The highest BCUT2D eigenvalue weighted by molar-refractivity contribution is 5.78. The molecular formula is C14H24N4O2. The number of aromatic nitrogens is 3. The zero-order valence-corrected chi connectivity index (χ0v) is 12.5. The Bertz CT molecular complexity index is 444. The molecule has 1 N–H and O–H groups in total. The Balaban J connectivity index is 2.06. The first-order valence-electron chi connectivity index (χ1n) is 7.33. The maximum Gasteiger partial charge on any atom is 0.223 e. The summed E-state index contributed by atoms with van der Waals surface area (Å²) < 4.78 is 7.49. The van der Waals surface area contributed by atoms with Crippen LogP contribution in [0.3, 0.4) is 0 Å². The number of aryl methyl sites for hydroxylation is 1. The Morgan fingerprint density at radius 1 is 1.50 bits per heavy atom. The van der Waals surface area contributed by atoms with E-state index in [0.29, 0.717) is 19.1 Å². The van der Waals surface area contributed by atoms with E-state index in [4.69, 9.17) is 4.74 Å². The van der Waals surface area contributed by atoms with E-state index in [0.717, 1.165) is 25.1 Å². The number of carbonyl (C=O) groups is 1. The molecule has 2 bridgehead atoms. The summed E-state index contributed by atoms with van der Waals surface area (Å²) in [5.41, 5.74) is 0.839. The Kier molecular flexibility index (Phi) is 5.11. The van der Waals surface area contributed by atoms with E-state index < -0.39 is 0 Å². The van der Waals surface area contributed by atoms with Gasteiger partial charge in [0.15, 0.2) is 0 Å². The molecule has 1 aromatic heterocycles. The average molecular weight is 280 g/mol. The van der Waals surface area contributed by atoms with Crippen molar-refractivity contribution in [2.24, 2.45) is 11.8 Å². The summed E-state index contributed by atoms with van der Waals surface area (Å²) in [5, 5.41) is 11.3. The summed E-state index contributed by atoms with van der Waals surface area (Å²) in [6.45, 7) is 7.89. The molecule has 2 rings (SSSR count). The number of carbonyl (C=O) groups excluding carboxylic acids is 1. The Morgan fingerprint density at radius 2 is 2.30 bits per heavy atom. The number of nitrogens with one attached hydrogen (secondary N) is 1. The van der Waals surface area contributed by atoms with Gasteiger partial charge in [0, 0.05) is 12.5 Å². The first-order valence-corrected chi connectivity index (χ1v) is 7.33. The third-order valence-corrected chi connectivity index (χ3v) is 3.74. The second kappa shape index (κ2) is 6.83. The fourth-order valence-electron chi connectivity index (χ4n) is 2.22. The molecule has 0 spiro atoms. The third kappa shape index (κ3) is 4.03. The lowest BCUT2D eigenvalue weighted by Gasteiger charge is -2.24. The summed E-state index contributed by atoms with van der Waals surface area (Å²) in [4.78, 5) is 12.2. The van der Waals surface area contributed by atoms with E-state index >= 15 is 0 Å². The van der Waals surface area contributed by atoms with Gasteiger partial charge >= 0.3 is 0 Å². The third-order valence-electron chi connectivity index (χ3n) is 3.74. The first-order chi connectivity index (χ1) is 9.56. The molecule has 0 unspecified atom stereocenters. The summed E-state index contributed by atoms with van der Waals surface area (Å²) in [6, 6.07) is 0.0424. The minimum absolute atomic E-state index is 0.0139. The molecule has 0 aromatic carbocycles. The molecule has 6 nitrogen and oxygen atoms in total. The molecule has 0 radical (unpaired) electrons. The zero-order valence-electron chi connectivity index (χ0n) is 12.5. The Hall–Kier alpha value is -1.43. The fraction of sp³-hybridized carbons (Fsp3) is 0.786. The highest BCUT2D eigenvalue weighted by Crippen LogP contribution is 2.11. The lowest BCUT2D eigenvalue weighted by Crippen LogP contribution is -2.44. The van der Waals surface area contributed by atoms with Crippen molar-refractivity contribution in [1.29, 1.82) is 0 Å². The summed E-state index contributed by atoms with van der Waals surface area (Å²) in [7, 11) is 0. The van der Waals surface area contributed by atoms with E-state index in [9.17, 15) is 4.79 Å². The molecule has 6 heteroatoms. The highest BCUT2D eigenvalue weighted by atomic mass is 16.5. The topological polar surface area (TPSA) is 69.0 Å². The molecule has 1 amide bonds. The lowest BCUT2D eigenvalue weighted by molar-refractivity contribution is -0.126. The molecule has 0 fully saturated rings. The minimum atomic E-state index is 0.0139. The second-order valence-corrected chi connectivity index (χ2v) is 5.89. The van der Waals surface area contributed by atoms with Gasteiger partial charge in [-0.2, -0.15) is 0 Å². The summed E-state index contributed by atoms with van der Waals surface area (Å²) >= 11 is 0. The number of amides is 1. The number of rotatable bonds is 1. The van der Waals surface area contributed by atoms with Crippen molar-refractivity contribution < 1.29 is 9.53 Å². The van der Waals surface area contributed by atoms with Gasteiger partial charge in [-0.15, -0.1) is 5.10 Å². The molecule has 112 valence electrons. The van der Waals surface area contributed by atoms with Crippen LogP contribution in [0, 0.1) is 11.8 Å². The van der Waals surface area contributed by atoms with E-state index in [-0.39, 0.29) is 17.9 Å². The van der Waals surface area contributed by atoms with Crippen LogP contribution in [-0.4, -0.2) is 33.5 Å². The van der Waals surface area contributed by atoms with Crippen molar-refractivity contribution in [1.82, 2.24) is 20.3 Å². The zero-order chi connectivity index (χ0) is 14.5. The second-order valence-electron chi connectivity index (χ2n) is 5.89. The quantitative estimate of drug-likeness (QED) is 0.843. The van der Waals surface area contributed by atoms with Gasteiger partial charge in [-0.25, -0.2) is 0 Å². The monoisotopic (exact) mass is 280 g/mol. The lowest BCUT2D eigenvalue weighted by atomic mass is 10.0. The van der Waals surface area contributed by atoms with Crippen LogP contribution in [0.15, 0.2) is 6.20 Å². The first kappa shape index (κ1) is 15.0. The highest BCUT2D eigenvalue weighted by Gasteiger charge is 2.21. The van der Waals surface area contributed by atoms with Gasteiger partial charge in [-0.05, 0) is 18.8 Å². The normalized spacial score (nSPS) is 25.5. The smallest absolute Gasteiger partial charge is 0.223 e. The van der Waals surface area contributed by atoms with Gasteiger partial charge in [0.1, 0.15) is 5.69 Å². The molecule has 1 aliphatic heterocycles. The fourth-order valence-corrected chi connectivity index (χ4v) is 2.22. The van der Waals surface area contributed by atoms with Crippen molar-refractivity contribution in [3.8, 4) is 0 Å². The Labute approximate surface area is 119 Å². The molecule has 2 atom stereocenters. The van der Waals surface area contributed by atoms with Gasteiger partial charge < -0.3 is 10.1 Å². The van der Waals surface area contributed by atoms with E-state index in [1.54, 1.807) is 0 Å². The molecule has 0 saturated heterocycles. The van der Waals surface area contributed by atoms with Crippen molar-refractivity contribution >= 4 is 5.91 Å². The number of nitrogens with zero attached hydrogens (tertiary/aromatic N) is 3. The standard InChI is InChI=1S/C14H24N4O2/c1-10(2)13-9-20-8-12-7-18(17-16-12)6-4-5-11(3)14(19)15-13/h7,10-11,13H,4-6,8-9H2,1-3H3,(H,15,19)/t11-,13-/m0/s1. The van der Waals surface area contributed by atoms with Crippen LogP contribution in [0.5, 0.6) is 0 Å². The van der Waals surface area contributed by atoms with Crippen LogP contribution in [0.25, 0.3) is 0 Å². The molecular weight excluding hydrogens is 256 g/mol. The number of hydrogen-bond donors (Lipinski definition) is 1. The van der Waals surface area contributed by atoms with E-state index in [1.165, 1.54) is 0 Å². The van der Waals surface area contributed by atoms with Gasteiger partial charge in [0.25, 0.3) is 0 Å². The van der Waals surface area contributed by atoms with Gasteiger partial charge in [-0.1, -0.05) is 26.0 Å². The molecule has 1 aliphatic rings. The number of ether oxygens (including phenoxy) is 1. The van der Waals surface area contributed by atoms with Crippen LogP contribution in [0.1, 0.15) is 39.3 Å². The van der Waals surface area contributed by atoms with Crippen molar-refractivity contribution in [2.45, 2.75) is 52.8 Å². The van der Waals surface area contributed by atoms with Crippen molar-refractivity contribution in [3.63, 3.8) is 0 Å². The predicted octanol–water partition coefficient (Wildman–Crippen LogP) is 1.37. The molecule has 20 heavy (non-hydrogen) atoms. The maximum atomic E-state index is 12.2. The van der Waals surface area contributed by atoms with E-state index in [2.05, 4.69) is 29.5 Å². The van der Waals surface area contributed by atoms with Gasteiger partial charge in [0.05, 0.1) is 25.5 Å². The Morgan fingerprint density at radius 3 is 3.05 bits per heavy atom. The van der Waals surface area contributed by atoms with Crippen LogP contribution in [-0.2, 0) is 22.7 Å². The summed E-state index contributed by atoms with van der Waals surface area (Å²) in [5.74, 6) is 0.469. The van der Waals surface area contributed by atoms with E-state index in [1.807, 2.05) is 17.8 Å². The minimum Gasteiger partial charge on any atom is -0.373 e. The average Bonchev–Trinajstić information content (AvgIpc) is 2.84. The predicted molar refractivity (Wildman–Crippen MR) is 74.8 cm³/mol.